The van der Waals surface area contributed by atoms with Crippen LogP contribution in [0.2, 0.25) is 0 Å². The smallest absolute Gasteiger partial charge is 0.251 e. The first-order chi connectivity index (χ1) is 26.6. The van der Waals surface area contributed by atoms with E-state index in [4.69, 9.17) is 10.5 Å². The first-order valence-electron chi connectivity index (χ1n) is 19.8. The summed E-state index contributed by atoms with van der Waals surface area (Å²) in [7, 11) is 2.96. The van der Waals surface area contributed by atoms with Gasteiger partial charge in [-0.3, -0.25) is 19.4 Å². The van der Waals surface area contributed by atoms with Crippen molar-refractivity contribution in [1.29, 1.82) is 0 Å². The first-order valence-corrected chi connectivity index (χ1v) is 19.8. The minimum Gasteiger partial charge on any atom is -0.507 e. The third-order valence-electron chi connectivity index (χ3n) is 11.9. The summed E-state index contributed by atoms with van der Waals surface area (Å²) in [5.74, 6) is -2.14. The molecule has 4 aliphatic rings. The highest BCUT2D eigenvalue weighted by molar-refractivity contribution is 6.33. The van der Waals surface area contributed by atoms with Crippen molar-refractivity contribution in [2.24, 2.45) is 46.2 Å². The molecule has 11 nitrogen and oxygen atoms in total. The van der Waals surface area contributed by atoms with Crippen molar-refractivity contribution < 1.29 is 34.4 Å². The molecule has 7 N–H and O–H groups in total. The van der Waals surface area contributed by atoms with Gasteiger partial charge in [0.15, 0.2) is 5.78 Å². The number of rotatable bonds is 4. The van der Waals surface area contributed by atoms with Crippen molar-refractivity contribution in [1.82, 2.24) is 10.6 Å². The number of nitrogens with one attached hydrogen (secondary N) is 2. The van der Waals surface area contributed by atoms with Crippen LogP contribution in [0.3, 0.4) is 0 Å². The number of aromatic hydroxyl groups is 1. The molecule has 306 valence electrons. The van der Waals surface area contributed by atoms with Crippen LogP contribution in [0, 0.1) is 55.3 Å². The lowest BCUT2D eigenvalue weighted by atomic mass is 9.76. The Morgan fingerprint density at radius 2 is 1.62 bits per heavy atom. The van der Waals surface area contributed by atoms with Crippen molar-refractivity contribution in [3.63, 3.8) is 0 Å². The van der Waals surface area contributed by atoms with Gasteiger partial charge in [0, 0.05) is 42.1 Å². The van der Waals surface area contributed by atoms with Crippen LogP contribution in [-0.4, -0.2) is 77.5 Å². The summed E-state index contributed by atoms with van der Waals surface area (Å²) in [6.45, 7) is 13.5. The van der Waals surface area contributed by atoms with Gasteiger partial charge in [-0.1, -0.05) is 71.4 Å². The number of carbonyl (C=O) groups excluding carboxylic acids is 3. The van der Waals surface area contributed by atoms with Crippen LogP contribution in [0.5, 0.6) is 11.5 Å². The maximum absolute atomic E-state index is 14.7. The predicted molar refractivity (Wildman–Crippen MR) is 223 cm³/mol. The summed E-state index contributed by atoms with van der Waals surface area (Å²) in [6, 6.07) is -0.163. The van der Waals surface area contributed by atoms with E-state index >= 15 is 0 Å². The number of amides is 1. The highest BCUT2D eigenvalue weighted by atomic mass is 16.5. The van der Waals surface area contributed by atoms with E-state index in [1.165, 1.54) is 7.11 Å². The summed E-state index contributed by atoms with van der Waals surface area (Å²) in [6.07, 6.45) is 19.4. The number of hydrogen-bond acceptors (Lipinski definition) is 10. The summed E-state index contributed by atoms with van der Waals surface area (Å²) < 4.78 is 5.76. The number of benzene rings is 1. The molecule has 5 rings (SSSR count). The second kappa shape index (κ2) is 20.6. The highest BCUT2D eigenvalue weighted by Crippen LogP contribution is 2.43. The molecule has 2 aliphatic carbocycles. The number of Topliss-reactive ketones (excluding diaryl/α,β-unsaturated/α-hetero) is 2. The summed E-state index contributed by atoms with van der Waals surface area (Å²) in [5.41, 5.74) is 7.33. The molecule has 1 aromatic carbocycles. The Labute approximate surface area is 333 Å². The number of aliphatic hydroxyl groups excluding tert-OH is 2. The van der Waals surface area contributed by atoms with Crippen LogP contribution >= 0.6 is 0 Å². The molecule has 4 bridgehead atoms. The first kappa shape index (κ1) is 45.9. The van der Waals surface area contributed by atoms with E-state index in [2.05, 4.69) is 35.4 Å². The second-order valence-corrected chi connectivity index (χ2v) is 15.9. The Bertz CT molecular complexity index is 1790. The van der Waals surface area contributed by atoms with Crippen LogP contribution in [0.1, 0.15) is 112 Å². The van der Waals surface area contributed by atoms with Crippen molar-refractivity contribution in [2.75, 3.05) is 20.7 Å². The van der Waals surface area contributed by atoms with Gasteiger partial charge in [-0.2, -0.15) is 0 Å². The maximum Gasteiger partial charge on any atom is 0.251 e. The lowest BCUT2D eigenvalue weighted by molar-refractivity contribution is -0.116. The van der Waals surface area contributed by atoms with E-state index in [-0.39, 0.29) is 105 Å². The van der Waals surface area contributed by atoms with Crippen molar-refractivity contribution >= 4 is 23.2 Å². The average molecular weight is 773 g/mol. The molecule has 0 spiro atoms. The fraction of sp³-hybridized carbons (Fsp3) is 0.556. The number of methoxy groups -OCH3 is 1. The van der Waals surface area contributed by atoms with Crippen LogP contribution in [0.15, 0.2) is 52.3 Å². The molecule has 11 heteroatoms. The number of ketones is 2. The second-order valence-electron chi connectivity index (χ2n) is 15.9. The fourth-order valence-corrected chi connectivity index (χ4v) is 8.46. The number of phenolic OH excluding ortho intramolecular Hbond substituents is 1. The molecule has 1 saturated carbocycles. The topological polar surface area (TPSA) is 184 Å². The molecule has 0 aromatic heterocycles. The van der Waals surface area contributed by atoms with E-state index in [0.29, 0.717) is 25.0 Å². The number of terminal acetylenes is 1. The number of aliphatic imine (C=N–C) groups is 1. The molecule has 0 saturated heterocycles. The largest absolute Gasteiger partial charge is 0.507 e. The fourth-order valence-electron chi connectivity index (χ4n) is 8.46. The van der Waals surface area contributed by atoms with Gasteiger partial charge in [-0.05, 0) is 75.7 Å². The Morgan fingerprint density at radius 3 is 2.25 bits per heavy atom. The van der Waals surface area contributed by atoms with Crippen molar-refractivity contribution in [3.05, 3.63) is 69.6 Å². The van der Waals surface area contributed by atoms with Gasteiger partial charge in [0.2, 0.25) is 5.78 Å². The van der Waals surface area contributed by atoms with E-state index in [0.717, 1.165) is 19.3 Å². The number of nitrogens with zero attached hydrogens (tertiary/aromatic N) is 1. The minimum absolute atomic E-state index is 0.0594. The zero-order valence-electron chi connectivity index (χ0n) is 34.7. The number of phenols is 1. The lowest BCUT2D eigenvalue weighted by Crippen LogP contribution is -2.50. The van der Waals surface area contributed by atoms with Gasteiger partial charge in [0.05, 0.1) is 41.9 Å². The Balaban J connectivity index is 0.00000414. The predicted octanol–water partition coefficient (Wildman–Crippen LogP) is 5.95. The number of fused-ring (bicyclic) bond motifs is 15. The van der Waals surface area contributed by atoms with Gasteiger partial charge in [0.25, 0.3) is 5.91 Å². The zero-order valence-corrected chi connectivity index (χ0v) is 34.7. The number of ether oxygens (including phenoxy) is 1. The molecule has 2 unspecified atom stereocenters. The number of aliphatic hydroxyl groups is 2. The van der Waals surface area contributed by atoms with Gasteiger partial charge in [-0.25, -0.2) is 0 Å². The van der Waals surface area contributed by atoms with Gasteiger partial charge < -0.3 is 36.4 Å². The minimum atomic E-state index is -0.779. The zero-order chi connectivity index (χ0) is 42.0. The third kappa shape index (κ3) is 9.89. The third-order valence-corrected chi connectivity index (χ3v) is 11.9. The molecule has 56 heavy (non-hydrogen) atoms. The normalized spacial score (nSPS) is 32.4. The van der Waals surface area contributed by atoms with E-state index in [9.17, 15) is 29.7 Å². The molecule has 2 heterocycles. The monoisotopic (exact) mass is 772 g/mol. The van der Waals surface area contributed by atoms with Crippen LogP contribution in [0.25, 0.3) is 0 Å². The number of hydrogen-bond donors (Lipinski definition) is 6. The molecule has 1 amide bonds. The average Bonchev–Trinajstić information content (AvgIpc) is 3.18. The van der Waals surface area contributed by atoms with Gasteiger partial charge in [-0.15, -0.1) is 12.8 Å². The Kier molecular flexibility index (Phi) is 16.9. The molecule has 2 aliphatic heterocycles. The molecule has 1 aromatic rings. The summed E-state index contributed by atoms with van der Waals surface area (Å²) >= 11 is 0. The van der Waals surface area contributed by atoms with Crippen LogP contribution in [-0.2, 0) is 4.79 Å². The standard InChI is InChI=1S/C43H62N4O7.C2H2/c1-22-14-12-17-25(4)43(53)47-37-36(46-34-23(2)16-13-18-29(34)21-44)35(45-8)32-31(42(54-9)28(7)40(51)33(32)41(37)52)30(48)19-11-10-15-24(3)38(49)27(6)39(50)26(5)20-22;1-2/h10-12,14,17,22-24,26-27,29,34,38-39,46,49-51H,13,15-16,18-21,44H2,1-9H3,(H,47,53);1-2H/b11-10+,14-12+,25-17-,45-35?;/t22-,23?,24+,26+,27-,29?,34-,38+,39+;/m0./s1. The van der Waals surface area contributed by atoms with E-state index in [1.807, 2.05) is 39.8 Å². The SMILES string of the molecule is C#C.CN=C1C(N[C@H]2C(C)CCCC2CN)=C2NC(=O)/C(C)=C\C=C\[C@H](C)C[C@@H](C)[C@@H](O)[C@@H](C)[C@H](O)[C@H](C)C/C=C/CC(=O)c3c(OC)c(C)c(O)c(c31)C2=O. The number of allylic oxidation sites excluding steroid dienone is 7. The quantitative estimate of drug-likeness (QED) is 0.159. The van der Waals surface area contributed by atoms with Gasteiger partial charge >= 0.3 is 0 Å². The Hall–Kier alpha value is -4.50. The van der Waals surface area contributed by atoms with Crippen molar-refractivity contribution in [2.45, 2.75) is 105 Å². The maximum atomic E-state index is 14.7. The van der Waals surface area contributed by atoms with Gasteiger partial charge in [0.1, 0.15) is 17.2 Å². The molecular formula is C45H64N4O7. The molecular weight excluding hydrogens is 709 g/mol. The van der Waals surface area contributed by atoms with E-state index < -0.39 is 23.9 Å². The highest BCUT2D eigenvalue weighted by Gasteiger charge is 2.42. The summed E-state index contributed by atoms with van der Waals surface area (Å²) in [5, 5.41) is 40.4. The van der Waals surface area contributed by atoms with Crippen LogP contribution in [0.4, 0.5) is 0 Å². The van der Waals surface area contributed by atoms with Crippen LogP contribution < -0.4 is 21.1 Å². The lowest BCUT2D eigenvalue weighted by Gasteiger charge is -2.39. The van der Waals surface area contributed by atoms with Crippen molar-refractivity contribution in [3.8, 4) is 24.3 Å². The molecule has 9 atom stereocenters. The number of nitrogens with two attached hydrogens (primary N) is 1. The number of carbonyl (C=O) groups is 3. The van der Waals surface area contributed by atoms with E-state index in [1.54, 1.807) is 39.1 Å². The molecule has 0 radical (unpaired) electrons. The molecule has 1 fully saturated rings. The summed E-state index contributed by atoms with van der Waals surface area (Å²) in [4.78, 5) is 47.5. The Morgan fingerprint density at radius 1 is 0.964 bits per heavy atom.